The van der Waals surface area contributed by atoms with Crippen LogP contribution in [0.15, 0.2) is 42.5 Å². The van der Waals surface area contributed by atoms with Crippen molar-refractivity contribution >= 4 is 39.1 Å². The van der Waals surface area contributed by atoms with E-state index in [0.29, 0.717) is 28.5 Å². The second-order valence-corrected chi connectivity index (χ2v) is 9.08. The lowest BCUT2D eigenvalue weighted by Gasteiger charge is -2.16. The number of thiophene rings is 1. The molecule has 168 valence electrons. The fraction of sp³-hybridized carbons (Fsp3) is 0.375. The van der Waals surface area contributed by atoms with Crippen LogP contribution in [0.3, 0.4) is 0 Å². The van der Waals surface area contributed by atoms with Gasteiger partial charge in [-0.3, -0.25) is 9.69 Å². The first kappa shape index (κ1) is 22.4. The number of rotatable bonds is 9. The van der Waals surface area contributed by atoms with Gasteiger partial charge in [-0.1, -0.05) is 30.3 Å². The highest BCUT2D eigenvalue weighted by atomic mass is 32.1. The molecule has 0 saturated heterocycles. The van der Waals surface area contributed by atoms with Gasteiger partial charge in [0, 0.05) is 25.6 Å². The molecule has 0 atom stereocenters. The Labute approximate surface area is 191 Å². The van der Waals surface area contributed by atoms with Gasteiger partial charge in [0.2, 0.25) is 5.91 Å². The standard InChI is InChI=1S/C24H27N3O4S/c1-27(13-14-30-2)15-17-9-10-18-19(20(22(28)31-3)32-21(18)25-17)26-23(29)24(11-12-24)16-7-5-4-6-8-16/h4-10H,11-15H2,1-3H3,(H,26,29). The average Bonchev–Trinajstić information content (AvgIpc) is 3.56. The zero-order valence-corrected chi connectivity index (χ0v) is 19.3. The van der Waals surface area contributed by atoms with E-state index in [0.717, 1.165) is 36.0 Å². The SMILES string of the molecule is COCCN(C)Cc1ccc2c(NC(=O)C3(c4ccccc4)CC3)c(C(=O)OC)sc2n1. The Bertz CT molecular complexity index is 1120. The first-order chi connectivity index (χ1) is 15.5. The predicted molar refractivity (Wildman–Crippen MR) is 125 cm³/mol. The topological polar surface area (TPSA) is 80.8 Å². The molecular weight excluding hydrogens is 426 g/mol. The third kappa shape index (κ3) is 4.39. The molecule has 0 radical (unpaired) electrons. The fourth-order valence-electron chi connectivity index (χ4n) is 3.83. The van der Waals surface area contributed by atoms with E-state index in [1.165, 1.54) is 18.4 Å². The molecule has 0 aliphatic heterocycles. The Morgan fingerprint density at radius 2 is 1.91 bits per heavy atom. The number of hydrogen-bond acceptors (Lipinski definition) is 7. The summed E-state index contributed by atoms with van der Waals surface area (Å²) in [5.74, 6) is -0.580. The Morgan fingerprint density at radius 1 is 1.16 bits per heavy atom. The highest BCUT2D eigenvalue weighted by molar-refractivity contribution is 7.21. The van der Waals surface area contributed by atoms with Gasteiger partial charge in [-0.2, -0.15) is 0 Å². The Kier molecular flexibility index (Phi) is 6.55. The van der Waals surface area contributed by atoms with Crippen LogP contribution in [-0.2, 0) is 26.2 Å². The summed E-state index contributed by atoms with van der Waals surface area (Å²) in [4.78, 5) is 33.7. The lowest BCUT2D eigenvalue weighted by Crippen LogP contribution is -2.28. The maximum Gasteiger partial charge on any atom is 0.350 e. The molecule has 1 N–H and O–H groups in total. The molecule has 1 aromatic carbocycles. The molecule has 32 heavy (non-hydrogen) atoms. The van der Waals surface area contributed by atoms with Gasteiger partial charge in [-0.15, -0.1) is 11.3 Å². The number of fused-ring (bicyclic) bond motifs is 1. The third-order valence-corrected chi connectivity index (χ3v) is 6.92. The molecule has 1 aliphatic rings. The van der Waals surface area contributed by atoms with Gasteiger partial charge < -0.3 is 14.8 Å². The molecule has 7 nitrogen and oxygen atoms in total. The molecule has 1 fully saturated rings. The number of aromatic nitrogens is 1. The molecule has 0 spiro atoms. The summed E-state index contributed by atoms with van der Waals surface area (Å²) in [6.45, 7) is 2.09. The minimum absolute atomic E-state index is 0.100. The number of methoxy groups -OCH3 is 2. The van der Waals surface area contributed by atoms with E-state index in [-0.39, 0.29) is 5.91 Å². The van der Waals surface area contributed by atoms with Crippen LogP contribution >= 0.6 is 11.3 Å². The van der Waals surface area contributed by atoms with Gasteiger partial charge in [-0.25, -0.2) is 9.78 Å². The second-order valence-electron chi connectivity index (χ2n) is 8.09. The largest absolute Gasteiger partial charge is 0.465 e. The fourth-order valence-corrected chi connectivity index (χ4v) is 4.90. The van der Waals surface area contributed by atoms with Crippen LogP contribution in [0.1, 0.15) is 33.8 Å². The number of esters is 1. The van der Waals surface area contributed by atoms with Crippen LogP contribution in [0.2, 0.25) is 0 Å². The first-order valence-corrected chi connectivity index (χ1v) is 11.4. The smallest absolute Gasteiger partial charge is 0.350 e. The van der Waals surface area contributed by atoms with Gasteiger partial charge in [-0.05, 0) is 37.6 Å². The zero-order chi connectivity index (χ0) is 22.7. The number of benzene rings is 1. The van der Waals surface area contributed by atoms with E-state index >= 15 is 0 Å². The predicted octanol–water partition coefficient (Wildman–Crippen LogP) is 3.83. The summed E-state index contributed by atoms with van der Waals surface area (Å²) in [6.07, 6.45) is 1.57. The quantitative estimate of drug-likeness (QED) is 0.496. The van der Waals surface area contributed by atoms with E-state index in [4.69, 9.17) is 14.5 Å². The number of pyridine rings is 1. The molecule has 3 aromatic rings. The Balaban J connectivity index is 1.64. The number of carbonyl (C=O) groups excluding carboxylic acids is 2. The number of hydrogen-bond donors (Lipinski definition) is 1. The van der Waals surface area contributed by atoms with Crippen molar-refractivity contribution in [2.24, 2.45) is 0 Å². The molecule has 1 saturated carbocycles. The summed E-state index contributed by atoms with van der Waals surface area (Å²) in [7, 11) is 5.02. The summed E-state index contributed by atoms with van der Waals surface area (Å²) < 4.78 is 10.1. The van der Waals surface area contributed by atoms with Crippen molar-refractivity contribution in [2.75, 3.05) is 39.7 Å². The van der Waals surface area contributed by atoms with Crippen molar-refractivity contribution in [3.05, 3.63) is 58.6 Å². The number of likely N-dealkylation sites (N-methyl/N-ethyl adjacent to an activating group) is 1. The summed E-state index contributed by atoms with van der Waals surface area (Å²) >= 11 is 1.24. The van der Waals surface area contributed by atoms with Crippen LogP contribution in [0.4, 0.5) is 5.69 Å². The van der Waals surface area contributed by atoms with Crippen LogP contribution in [-0.4, -0.2) is 56.2 Å². The van der Waals surface area contributed by atoms with E-state index in [1.54, 1.807) is 7.11 Å². The average molecular weight is 454 g/mol. The van der Waals surface area contributed by atoms with E-state index in [9.17, 15) is 9.59 Å². The lowest BCUT2D eigenvalue weighted by atomic mass is 9.95. The van der Waals surface area contributed by atoms with Crippen LogP contribution in [0.25, 0.3) is 10.2 Å². The van der Waals surface area contributed by atoms with E-state index < -0.39 is 11.4 Å². The molecule has 8 heteroatoms. The van der Waals surface area contributed by atoms with E-state index in [2.05, 4.69) is 10.2 Å². The minimum atomic E-state index is -0.541. The van der Waals surface area contributed by atoms with Crippen LogP contribution < -0.4 is 5.32 Å². The maximum absolute atomic E-state index is 13.3. The van der Waals surface area contributed by atoms with Crippen LogP contribution in [0.5, 0.6) is 0 Å². The third-order valence-electron chi connectivity index (χ3n) is 5.84. The number of ether oxygens (including phenoxy) is 2. The molecule has 4 rings (SSSR count). The monoisotopic (exact) mass is 453 g/mol. The molecule has 0 bridgehead atoms. The Morgan fingerprint density at radius 3 is 2.56 bits per heavy atom. The van der Waals surface area contributed by atoms with Crippen molar-refractivity contribution < 1.29 is 19.1 Å². The lowest BCUT2D eigenvalue weighted by molar-refractivity contribution is -0.118. The molecule has 0 unspecified atom stereocenters. The molecule has 2 heterocycles. The maximum atomic E-state index is 13.3. The second kappa shape index (κ2) is 9.36. The van der Waals surface area contributed by atoms with Crippen LogP contribution in [0, 0.1) is 0 Å². The van der Waals surface area contributed by atoms with Crippen molar-refractivity contribution in [1.82, 2.24) is 9.88 Å². The van der Waals surface area contributed by atoms with Gasteiger partial charge in [0.1, 0.15) is 9.71 Å². The normalized spacial score (nSPS) is 14.5. The summed E-state index contributed by atoms with van der Waals surface area (Å²) in [6, 6.07) is 13.6. The van der Waals surface area contributed by atoms with Gasteiger partial charge in [0.25, 0.3) is 0 Å². The number of anilines is 1. The molecule has 1 amide bonds. The zero-order valence-electron chi connectivity index (χ0n) is 18.5. The number of amides is 1. The summed E-state index contributed by atoms with van der Waals surface area (Å²) in [5, 5.41) is 3.79. The highest BCUT2D eigenvalue weighted by Crippen LogP contribution is 2.49. The van der Waals surface area contributed by atoms with Crippen molar-refractivity contribution in [3.63, 3.8) is 0 Å². The van der Waals surface area contributed by atoms with Gasteiger partial charge in [0.15, 0.2) is 0 Å². The van der Waals surface area contributed by atoms with Crippen molar-refractivity contribution in [2.45, 2.75) is 24.8 Å². The Hall–Kier alpha value is -2.81. The number of nitrogens with zero attached hydrogens (tertiary/aromatic N) is 2. The first-order valence-electron chi connectivity index (χ1n) is 10.5. The highest BCUT2D eigenvalue weighted by Gasteiger charge is 2.51. The van der Waals surface area contributed by atoms with Crippen molar-refractivity contribution in [3.8, 4) is 0 Å². The van der Waals surface area contributed by atoms with Crippen molar-refractivity contribution in [1.29, 1.82) is 0 Å². The number of carbonyl (C=O) groups is 2. The number of nitrogens with one attached hydrogen (secondary N) is 1. The minimum Gasteiger partial charge on any atom is -0.465 e. The molecule has 2 aromatic heterocycles. The van der Waals surface area contributed by atoms with Gasteiger partial charge >= 0.3 is 5.97 Å². The molecule has 1 aliphatic carbocycles. The summed E-state index contributed by atoms with van der Waals surface area (Å²) in [5.41, 5.74) is 1.82. The van der Waals surface area contributed by atoms with E-state index in [1.807, 2.05) is 49.5 Å². The van der Waals surface area contributed by atoms with Gasteiger partial charge in [0.05, 0.1) is 30.5 Å². The molecular formula is C24H27N3O4S.